The average molecular weight is 250 g/mol. The zero-order chi connectivity index (χ0) is 13.1. The van der Waals surface area contributed by atoms with Gasteiger partial charge in [-0.25, -0.2) is 9.78 Å². The molecule has 1 fully saturated rings. The first-order valence-corrected chi connectivity index (χ1v) is 5.63. The zero-order valence-electron chi connectivity index (χ0n) is 10.00. The van der Waals surface area contributed by atoms with Gasteiger partial charge in [0.1, 0.15) is 6.04 Å². The number of likely N-dealkylation sites (tertiary alicyclic amines) is 1. The van der Waals surface area contributed by atoms with E-state index >= 15 is 0 Å². The van der Waals surface area contributed by atoms with E-state index in [1.807, 2.05) is 0 Å². The number of ether oxygens (including phenoxy) is 1. The highest BCUT2D eigenvalue weighted by atomic mass is 16.5. The molecule has 1 unspecified atom stereocenters. The van der Waals surface area contributed by atoms with Gasteiger partial charge in [-0.05, 0) is 12.5 Å². The Morgan fingerprint density at radius 1 is 1.67 bits per heavy atom. The maximum Gasteiger partial charge on any atom is 0.326 e. The number of carboxylic acid groups (broad SMARTS) is 1. The van der Waals surface area contributed by atoms with Crippen LogP contribution in [0.15, 0.2) is 18.3 Å². The molecule has 1 atom stereocenters. The summed E-state index contributed by atoms with van der Waals surface area (Å²) < 4.78 is 5.09. The van der Waals surface area contributed by atoms with Crippen LogP contribution in [-0.4, -0.2) is 40.0 Å². The highest BCUT2D eigenvalue weighted by Gasteiger charge is 2.36. The van der Waals surface area contributed by atoms with Gasteiger partial charge >= 0.3 is 5.97 Å². The van der Waals surface area contributed by atoms with Gasteiger partial charge in [-0.3, -0.25) is 4.79 Å². The molecule has 1 aliphatic rings. The summed E-state index contributed by atoms with van der Waals surface area (Å²) in [6.45, 7) is 0.215. The SMILES string of the molecule is COc1ncccc1CN1C(=O)CCC1C(=O)O. The van der Waals surface area contributed by atoms with Crippen LogP contribution in [0, 0.1) is 0 Å². The van der Waals surface area contributed by atoms with E-state index in [2.05, 4.69) is 4.98 Å². The van der Waals surface area contributed by atoms with Gasteiger partial charge in [0.25, 0.3) is 0 Å². The predicted molar refractivity (Wildman–Crippen MR) is 62.0 cm³/mol. The summed E-state index contributed by atoms with van der Waals surface area (Å²) in [6.07, 6.45) is 2.22. The second kappa shape index (κ2) is 5.03. The van der Waals surface area contributed by atoms with Crippen LogP contribution in [0.3, 0.4) is 0 Å². The predicted octanol–water partition coefficient (Wildman–Crippen LogP) is 0.666. The molecule has 6 nitrogen and oxygen atoms in total. The minimum absolute atomic E-state index is 0.145. The fraction of sp³-hybridized carbons (Fsp3) is 0.417. The van der Waals surface area contributed by atoms with Crippen LogP contribution in [-0.2, 0) is 16.1 Å². The molecule has 2 heterocycles. The molecule has 0 aliphatic carbocycles. The topological polar surface area (TPSA) is 79.7 Å². The second-order valence-electron chi connectivity index (χ2n) is 4.09. The Labute approximate surface area is 104 Å². The van der Waals surface area contributed by atoms with Gasteiger partial charge in [0.05, 0.1) is 13.7 Å². The van der Waals surface area contributed by atoms with Crippen molar-refractivity contribution in [2.75, 3.05) is 7.11 Å². The third-order valence-electron chi connectivity index (χ3n) is 3.00. The van der Waals surface area contributed by atoms with Crippen molar-refractivity contribution in [3.8, 4) is 5.88 Å². The Bertz CT molecular complexity index is 475. The summed E-state index contributed by atoms with van der Waals surface area (Å²) in [5.74, 6) is -0.696. The monoisotopic (exact) mass is 250 g/mol. The van der Waals surface area contributed by atoms with Crippen molar-refractivity contribution >= 4 is 11.9 Å². The molecule has 1 aliphatic heterocycles. The van der Waals surface area contributed by atoms with Crippen LogP contribution < -0.4 is 4.74 Å². The summed E-state index contributed by atoms with van der Waals surface area (Å²) in [5.41, 5.74) is 0.710. The first kappa shape index (κ1) is 12.3. The molecule has 1 saturated heterocycles. The number of amides is 1. The van der Waals surface area contributed by atoms with Crippen LogP contribution in [0.25, 0.3) is 0 Å². The fourth-order valence-electron chi connectivity index (χ4n) is 2.10. The molecular weight excluding hydrogens is 236 g/mol. The van der Waals surface area contributed by atoms with Crippen molar-refractivity contribution < 1.29 is 19.4 Å². The first-order chi connectivity index (χ1) is 8.63. The molecule has 0 bridgehead atoms. The molecule has 96 valence electrons. The molecule has 0 aromatic carbocycles. The van der Waals surface area contributed by atoms with E-state index in [9.17, 15) is 9.59 Å². The Kier molecular flexibility index (Phi) is 3.45. The van der Waals surface area contributed by atoms with Crippen molar-refractivity contribution in [2.24, 2.45) is 0 Å². The van der Waals surface area contributed by atoms with Crippen molar-refractivity contribution in [3.05, 3.63) is 23.9 Å². The lowest BCUT2D eigenvalue weighted by molar-refractivity contribution is -0.146. The zero-order valence-corrected chi connectivity index (χ0v) is 10.00. The number of nitrogens with zero attached hydrogens (tertiary/aromatic N) is 2. The van der Waals surface area contributed by atoms with E-state index < -0.39 is 12.0 Å². The number of rotatable bonds is 4. The van der Waals surface area contributed by atoms with Gasteiger partial charge < -0.3 is 14.7 Å². The van der Waals surface area contributed by atoms with Gasteiger partial charge in [-0.1, -0.05) is 6.07 Å². The molecule has 0 radical (unpaired) electrons. The smallest absolute Gasteiger partial charge is 0.326 e. The van der Waals surface area contributed by atoms with Crippen molar-refractivity contribution in [1.29, 1.82) is 0 Å². The van der Waals surface area contributed by atoms with E-state index in [0.29, 0.717) is 17.9 Å². The van der Waals surface area contributed by atoms with Crippen LogP contribution in [0.4, 0.5) is 0 Å². The number of methoxy groups -OCH3 is 1. The molecule has 1 N–H and O–H groups in total. The van der Waals surface area contributed by atoms with Crippen molar-refractivity contribution in [2.45, 2.75) is 25.4 Å². The van der Waals surface area contributed by atoms with Crippen LogP contribution >= 0.6 is 0 Å². The van der Waals surface area contributed by atoms with Crippen molar-refractivity contribution in [1.82, 2.24) is 9.88 Å². The molecule has 6 heteroatoms. The summed E-state index contributed by atoms with van der Waals surface area (Å²) in [6, 6.07) is 2.76. The Balaban J connectivity index is 2.21. The minimum Gasteiger partial charge on any atom is -0.481 e. The lowest BCUT2D eigenvalue weighted by atomic mass is 10.2. The normalized spacial score (nSPS) is 19.1. The van der Waals surface area contributed by atoms with Gasteiger partial charge in [-0.2, -0.15) is 0 Å². The van der Waals surface area contributed by atoms with Crippen molar-refractivity contribution in [3.63, 3.8) is 0 Å². The number of pyridine rings is 1. The van der Waals surface area contributed by atoms with Crippen LogP contribution in [0.5, 0.6) is 5.88 Å². The Hall–Kier alpha value is -2.11. The summed E-state index contributed by atoms with van der Waals surface area (Å²) in [5, 5.41) is 9.07. The third-order valence-corrected chi connectivity index (χ3v) is 3.00. The number of carbonyl (C=O) groups is 2. The molecule has 1 aromatic heterocycles. The van der Waals surface area contributed by atoms with Gasteiger partial charge in [0.15, 0.2) is 0 Å². The van der Waals surface area contributed by atoms with Gasteiger partial charge in [-0.15, -0.1) is 0 Å². The van der Waals surface area contributed by atoms with E-state index in [1.165, 1.54) is 12.0 Å². The molecule has 0 spiro atoms. The van der Waals surface area contributed by atoms with Crippen LogP contribution in [0.2, 0.25) is 0 Å². The Morgan fingerprint density at radius 3 is 3.11 bits per heavy atom. The average Bonchev–Trinajstić information content (AvgIpc) is 2.72. The largest absolute Gasteiger partial charge is 0.481 e. The number of hydrogen-bond donors (Lipinski definition) is 1. The molecule has 2 rings (SSSR count). The molecule has 1 amide bonds. The summed E-state index contributed by atoms with van der Waals surface area (Å²) >= 11 is 0. The van der Waals surface area contributed by atoms with Crippen LogP contribution in [0.1, 0.15) is 18.4 Å². The number of aromatic nitrogens is 1. The summed E-state index contributed by atoms with van der Waals surface area (Å²) in [7, 11) is 1.49. The molecule has 1 aromatic rings. The highest BCUT2D eigenvalue weighted by molar-refractivity contribution is 5.87. The molecule has 18 heavy (non-hydrogen) atoms. The Morgan fingerprint density at radius 2 is 2.44 bits per heavy atom. The lowest BCUT2D eigenvalue weighted by Gasteiger charge is -2.22. The number of aliphatic carboxylic acids is 1. The minimum atomic E-state index is -0.969. The van der Waals surface area contributed by atoms with E-state index in [4.69, 9.17) is 9.84 Å². The number of carboxylic acids is 1. The highest BCUT2D eigenvalue weighted by Crippen LogP contribution is 2.24. The number of hydrogen-bond acceptors (Lipinski definition) is 4. The number of carbonyl (C=O) groups excluding carboxylic acids is 1. The maximum absolute atomic E-state index is 11.7. The lowest BCUT2D eigenvalue weighted by Crippen LogP contribution is -2.38. The second-order valence-corrected chi connectivity index (χ2v) is 4.09. The summed E-state index contributed by atoms with van der Waals surface area (Å²) in [4.78, 5) is 28.1. The maximum atomic E-state index is 11.7. The molecular formula is C12H14N2O4. The van der Waals surface area contributed by atoms with Gasteiger partial charge in [0, 0.05) is 18.2 Å². The first-order valence-electron chi connectivity index (χ1n) is 5.63. The standard InChI is InChI=1S/C12H14N2O4/c1-18-11-8(3-2-6-13-11)7-14-9(12(16)17)4-5-10(14)15/h2-3,6,9H,4-5,7H2,1H3,(H,16,17). The molecule has 0 saturated carbocycles. The fourth-order valence-corrected chi connectivity index (χ4v) is 2.10. The van der Waals surface area contributed by atoms with Gasteiger partial charge in [0.2, 0.25) is 11.8 Å². The quantitative estimate of drug-likeness (QED) is 0.849. The van der Waals surface area contributed by atoms with E-state index in [0.717, 1.165) is 0 Å². The third kappa shape index (κ3) is 2.27. The van der Waals surface area contributed by atoms with E-state index in [1.54, 1.807) is 18.3 Å². The van der Waals surface area contributed by atoms with E-state index in [-0.39, 0.29) is 18.9 Å².